The number of alkyl halides is 1. The van der Waals surface area contributed by atoms with E-state index in [1.54, 1.807) is 6.08 Å². The fraction of sp³-hybridized carbons (Fsp3) is 0.600. The molecule has 0 radical (unpaired) electrons. The van der Waals surface area contributed by atoms with E-state index in [4.69, 9.17) is 27.5 Å². The van der Waals surface area contributed by atoms with Crippen molar-refractivity contribution in [3.63, 3.8) is 0 Å². The predicted octanol–water partition coefficient (Wildman–Crippen LogP) is 4.14. The molecule has 2 heterocycles. The van der Waals surface area contributed by atoms with Crippen LogP contribution in [-0.4, -0.2) is 23.7 Å². The van der Waals surface area contributed by atoms with Gasteiger partial charge in [-0.15, -0.1) is 18.0 Å². The third-order valence-corrected chi connectivity index (χ3v) is 4.89. The SMILES string of the molecule is C#CC=CCC1OC(=C(Br)CC)CC2OC2CC1Cl. The van der Waals surface area contributed by atoms with Gasteiger partial charge in [0.05, 0.1) is 17.6 Å². The first kappa shape index (κ1) is 15.0. The highest BCUT2D eigenvalue weighted by Gasteiger charge is 2.44. The molecule has 2 fully saturated rings. The fourth-order valence-corrected chi connectivity index (χ4v) is 2.85. The second-order valence-electron chi connectivity index (χ2n) is 4.81. The molecule has 0 aliphatic carbocycles. The molecule has 2 aliphatic heterocycles. The molecule has 104 valence electrons. The van der Waals surface area contributed by atoms with Gasteiger partial charge in [-0.1, -0.05) is 34.9 Å². The maximum atomic E-state index is 6.44. The molecule has 4 heteroatoms. The lowest BCUT2D eigenvalue weighted by Gasteiger charge is -2.26. The Bertz CT molecular complexity index is 424. The van der Waals surface area contributed by atoms with Crippen LogP contribution in [0.5, 0.6) is 0 Å². The molecule has 2 aliphatic rings. The normalized spacial score (nSPS) is 36.7. The van der Waals surface area contributed by atoms with Crippen LogP contribution in [-0.2, 0) is 9.47 Å². The van der Waals surface area contributed by atoms with Crippen molar-refractivity contribution in [2.24, 2.45) is 0 Å². The molecule has 0 aromatic carbocycles. The Morgan fingerprint density at radius 1 is 1.58 bits per heavy atom. The van der Waals surface area contributed by atoms with E-state index in [1.165, 1.54) is 0 Å². The molecule has 2 nitrogen and oxygen atoms in total. The largest absolute Gasteiger partial charge is 0.492 e. The highest BCUT2D eigenvalue weighted by Crippen LogP contribution is 2.40. The monoisotopic (exact) mass is 344 g/mol. The van der Waals surface area contributed by atoms with Crippen molar-refractivity contribution in [1.29, 1.82) is 0 Å². The Morgan fingerprint density at radius 3 is 3.05 bits per heavy atom. The number of hydrogen-bond donors (Lipinski definition) is 0. The molecule has 0 spiro atoms. The summed E-state index contributed by atoms with van der Waals surface area (Å²) in [5.74, 6) is 3.46. The summed E-state index contributed by atoms with van der Waals surface area (Å²) in [4.78, 5) is 0. The van der Waals surface area contributed by atoms with Crippen molar-refractivity contribution in [2.45, 2.75) is 56.3 Å². The minimum Gasteiger partial charge on any atom is -0.492 e. The van der Waals surface area contributed by atoms with Gasteiger partial charge >= 0.3 is 0 Å². The van der Waals surface area contributed by atoms with Crippen LogP contribution in [0.25, 0.3) is 0 Å². The Hall–Kier alpha value is -0.430. The number of fused-ring (bicyclic) bond motifs is 1. The van der Waals surface area contributed by atoms with E-state index in [2.05, 4.69) is 28.8 Å². The van der Waals surface area contributed by atoms with E-state index in [9.17, 15) is 0 Å². The first-order valence-electron chi connectivity index (χ1n) is 6.60. The van der Waals surface area contributed by atoms with Crippen LogP contribution in [0.4, 0.5) is 0 Å². The van der Waals surface area contributed by atoms with Gasteiger partial charge in [0.25, 0.3) is 0 Å². The summed E-state index contributed by atoms with van der Waals surface area (Å²) in [5, 5.41) is -0.0510. The van der Waals surface area contributed by atoms with E-state index in [0.717, 1.165) is 35.9 Å². The van der Waals surface area contributed by atoms with E-state index in [-0.39, 0.29) is 23.7 Å². The molecule has 0 amide bonds. The van der Waals surface area contributed by atoms with Gasteiger partial charge in [-0.25, -0.2) is 0 Å². The fourth-order valence-electron chi connectivity index (χ4n) is 2.26. The minimum absolute atomic E-state index is 0.0504. The van der Waals surface area contributed by atoms with Gasteiger partial charge in [0.15, 0.2) is 0 Å². The van der Waals surface area contributed by atoms with Crippen LogP contribution in [0, 0.1) is 12.3 Å². The lowest BCUT2D eigenvalue weighted by Crippen LogP contribution is -2.28. The third-order valence-electron chi connectivity index (χ3n) is 3.42. The zero-order valence-corrected chi connectivity index (χ0v) is 13.3. The van der Waals surface area contributed by atoms with Crippen LogP contribution in [0.1, 0.15) is 32.6 Å². The molecule has 2 rings (SSSR count). The Balaban J connectivity index is 2.11. The molecule has 0 N–H and O–H groups in total. The van der Waals surface area contributed by atoms with Gasteiger partial charge in [-0.3, -0.25) is 0 Å². The molecule has 0 bridgehead atoms. The first-order chi connectivity index (χ1) is 9.15. The van der Waals surface area contributed by atoms with Gasteiger partial charge in [-0.2, -0.15) is 0 Å². The third kappa shape index (κ3) is 4.02. The minimum atomic E-state index is -0.0510. The maximum Gasteiger partial charge on any atom is 0.118 e. The van der Waals surface area contributed by atoms with Gasteiger partial charge in [0, 0.05) is 17.3 Å². The van der Waals surface area contributed by atoms with Crippen LogP contribution in [0.3, 0.4) is 0 Å². The number of hydrogen-bond acceptors (Lipinski definition) is 2. The van der Waals surface area contributed by atoms with E-state index >= 15 is 0 Å². The van der Waals surface area contributed by atoms with E-state index in [1.807, 2.05) is 6.08 Å². The van der Waals surface area contributed by atoms with Crippen molar-refractivity contribution in [3.05, 3.63) is 22.4 Å². The molecule has 0 saturated carbocycles. The summed E-state index contributed by atoms with van der Waals surface area (Å²) in [6.07, 6.45) is 12.7. The van der Waals surface area contributed by atoms with Crippen molar-refractivity contribution in [3.8, 4) is 12.3 Å². The van der Waals surface area contributed by atoms with Crippen LogP contribution in [0.2, 0.25) is 0 Å². The van der Waals surface area contributed by atoms with Crippen molar-refractivity contribution < 1.29 is 9.47 Å². The smallest absolute Gasteiger partial charge is 0.118 e. The van der Waals surface area contributed by atoms with Crippen molar-refractivity contribution in [2.75, 3.05) is 0 Å². The highest BCUT2D eigenvalue weighted by atomic mass is 79.9. The van der Waals surface area contributed by atoms with Crippen LogP contribution >= 0.6 is 27.5 Å². The zero-order chi connectivity index (χ0) is 13.8. The molecule has 2 saturated heterocycles. The highest BCUT2D eigenvalue weighted by molar-refractivity contribution is 9.11. The van der Waals surface area contributed by atoms with Gasteiger partial charge in [0.1, 0.15) is 11.9 Å². The second-order valence-corrected chi connectivity index (χ2v) is 6.33. The molecule has 19 heavy (non-hydrogen) atoms. The standard InChI is InChI=1S/C15H18BrClO2/c1-3-5-6-7-12-11(17)8-14-15(19-14)9-13(18-12)10(16)4-2/h1,5-6,11-12,14-15H,4,7-9H2,2H3. The quantitative estimate of drug-likeness (QED) is 0.436. The molecule has 0 aromatic rings. The molecular formula is C15H18BrClO2. The second kappa shape index (κ2) is 6.83. The van der Waals surface area contributed by atoms with Crippen LogP contribution < -0.4 is 0 Å². The van der Waals surface area contributed by atoms with Crippen molar-refractivity contribution >= 4 is 27.5 Å². The van der Waals surface area contributed by atoms with Crippen molar-refractivity contribution in [1.82, 2.24) is 0 Å². The average Bonchev–Trinajstić information content (AvgIpc) is 3.11. The summed E-state index contributed by atoms with van der Waals surface area (Å²) in [5.41, 5.74) is 0. The number of epoxide rings is 1. The van der Waals surface area contributed by atoms with E-state index < -0.39 is 0 Å². The molecule has 4 atom stereocenters. The number of terminal acetylenes is 1. The molecular weight excluding hydrogens is 328 g/mol. The summed E-state index contributed by atoms with van der Waals surface area (Å²) < 4.78 is 12.8. The van der Waals surface area contributed by atoms with Gasteiger partial charge in [0.2, 0.25) is 0 Å². The number of ether oxygens (including phenoxy) is 2. The summed E-state index contributed by atoms with van der Waals surface area (Å²) >= 11 is 10.0. The number of allylic oxidation sites excluding steroid dienone is 2. The topological polar surface area (TPSA) is 21.8 Å². The van der Waals surface area contributed by atoms with E-state index in [0.29, 0.717) is 0 Å². The summed E-state index contributed by atoms with van der Waals surface area (Å²) in [6, 6.07) is 0. The lowest BCUT2D eigenvalue weighted by molar-refractivity contribution is 0.0992. The first-order valence-corrected chi connectivity index (χ1v) is 7.83. The Labute approximate surface area is 128 Å². The molecule has 4 unspecified atom stereocenters. The Kier molecular flexibility index (Phi) is 5.38. The molecule has 0 aromatic heterocycles. The zero-order valence-electron chi connectivity index (χ0n) is 10.9. The maximum absolute atomic E-state index is 6.44. The Morgan fingerprint density at radius 2 is 2.37 bits per heavy atom. The number of rotatable bonds is 3. The number of halogens is 2. The van der Waals surface area contributed by atoms with Crippen LogP contribution in [0.15, 0.2) is 22.4 Å². The summed E-state index contributed by atoms with van der Waals surface area (Å²) in [6.45, 7) is 2.09. The van der Waals surface area contributed by atoms with Gasteiger partial charge in [-0.05, 0) is 18.9 Å². The lowest BCUT2D eigenvalue weighted by atomic mass is 10.0. The summed E-state index contributed by atoms with van der Waals surface area (Å²) in [7, 11) is 0. The predicted molar refractivity (Wildman–Crippen MR) is 81.2 cm³/mol. The van der Waals surface area contributed by atoms with Gasteiger partial charge < -0.3 is 9.47 Å². The average molecular weight is 346 g/mol.